The number of carbonyl (C=O) groups excluding carboxylic acids is 1. The number of fused-ring (bicyclic) bond motifs is 3. The largest absolute Gasteiger partial charge is 0.478 e. The lowest BCUT2D eigenvalue weighted by Gasteiger charge is -2.45. The fourth-order valence-electron chi connectivity index (χ4n) is 4.01. The Balaban J connectivity index is 2.15. The van der Waals surface area contributed by atoms with Crippen LogP contribution in [0.15, 0.2) is 0 Å². The van der Waals surface area contributed by atoms with Crippen LogP contribution in [0.5, 0.6) is 5.88 Å². The predicted octanol–water partition coefficient (Wildman–Crippen LogP) is 3.75. The summed E-state index contributed by atoms with van der Waals surface area (Å²) in [5.74, 6) is 2.43. The molecule has 4 nitrogen and oxygen atoms in total. The molecule has 0 saturated heterocycles. The molecule has 23 heavy (non-hydrogen) atoms. The fourth-order valence-corrected chi connectivity index (χ4v) is 4.01. The smallest absolute Gasteiger partial charge is 0.220 e. The van der Waals surface area contributed by atoms with Gasteiger partial charge in [-0.15, -0.1) is 0 Å². The summed E-state index contributed by atoms with van der Waals surface area (Å²) in [6.45, 7) is 11.3. The van der Waals surface area contributed by atoms with Crippen LogP contribution in [0.4, 0.5) is 0 Å². The Morgan fingerprint density at radius 3 is 2.65 bits per heavy atom. The van der Waals surface area contributed by atoms with Crippen molar-refractivity contribution >= 4 is 5.78 Å². The van der Waals surface area contributed by atoms with Gasteiger partial charge >= 0.3 is 0 Å². The molecule has 1 aromatic rings. The van der Waals surface area contributed by atoms with Crippen molar-refractivity contribution in [2.45, 2.75) is 77.6 Å². The molecule has 1 aromatic heterocycles. The third-order valence-corrected chi connectivity index (χ3v) is 5.50. The first-order chi connectivity index (χ1) is 10.8. The number of Topliss-reactive ketones (excluding diaryl/α,β-unsaturated/α-hetero) is 1. The maximum absolute atomic E-state index is 11.9. The Bertz CT molecular complexity index is 633. The number of ether oxygens (including phenoxy) is 1. The number of nitrogens with zero attached hydrogens (tertiary/aromatic N) is 2. The van der Waals surface area contributed by atoms with Crippen LogP contribution in [0, 0.1) is 5.92 Å². The normalized spacial score (nSPS) is 27.3. The van der Waals surface area contributed by atoms with Crippen molar-refractivity contribution < 1.29 is 9.53 Å². The summed E-state index contributed by atoms with van der Waals surface area (Å²) in [6, 6.07) is 0. The summed E-state index contributed by atoms with van der Waals surface area (Å²) in [7, 11) is 0. The Morgan fingerprint density at radius 1 is 1.26 bits per heavy atom. The van der Waals surface area contributed by atoms with Gasteiger partial charge in [-0.25, -0.2) is 4.98 Å². The molecule has 3 rings (SSSR count). The van der Waals surface area contributed by atoms with E-state index in [-0.39, 0.29) is 10.8 Å². The molecule has 1 fully saturated rings. The van der Waals surface area contributed by atoms with Crippen LogP contribution < -0.4 is 4.74 Å². The molecule has 0 spiro atoms. The van der Waals surface area contributed by atoms with E-state index in [9.17, 15) is 4.79 Å². The zero-order chi connectivity index (χ0) is 16.8. The maximum atomic E-state index is 11.9. The number of hydrogen-bond acceptors (Lipinski definition) is 4. The van der Waals surface area contributed by atoms with E-state index in [1.165, 1.54) is 5.56 Å². The first kappa shape index (κ1) is 16.4. The number of rotatable bonds is 2. The first-order valence-corrected chi connectivity index (χ1v) is 8.82. The second-order valence-electron chi connectivity index (χ2n) is 8.26. The monoisotopic (exact) mass is 316 g/mol. The third-order valence-electron chi connectivity index (χ3n) is 5.50. The van der Waals surface area contributed by atoms with Crippen molar-refractivity contribution in [2.75, 3.05) is 6.61 Å². The van der Waals surface area contributed by atoms with Gasteiger partial charge in [0.25, 0.3) is 0 Å². The molecule has 0 radical (unpaired) electrons. The summed E-state index contributed by atoms with van der Waals surface area (Å²) in [4.78, 5) is 21.6. The Morgan fingerprint density at radius 2 is 2.00 bits per heavy atom. The lowest BCUT2D eigenvalue weighted by atomic mass is 9.60. The molecule has 0 N–H and O–H groups in total. The van der Waals surface area contributed by atoms with E-state index in [0.29, 0.717) is 31.1 Å². The predicted molar refractivity (Wildman–Crippen MR) is 89.9 cm³/mol. The van der Waals surface area contributed by atoms with Crippen molar-refractivity contribution in [3.63, 3.8) is 0 Å². The van der Waals surface area contributed by atoms with Gasteiger partial charge in [-0.05, 0) is 32.1 Å². The van der Waals surface area contributed by atoms with E-state index in [2.05, 4.69) is 27.7 Å². The van der Waals surface area contributed by atoms with E-state index in [1.54, 1.807) is 0 Å². The molecule has 1 saturated carbocycles. The van der Waals surface area contributed by atoms with Gasteiger partial charge in [0.1, 0.15) is 11.6 Å². The van der Waals surface area contributed by atoms with E-state index >= 15 is 0 Å². The summed E-state index contributed by atoms with van der Waals surface area (Å²) in [5.41, 5.74) is 2.18. The number of ketones is 1. The summed E-state index contributed by atoms with van der Waals surface area (Å²) < 4.78 is 5.87. The van der Waals surface area contributed by atoms with Crippen molar-refractivity contribution in [3.05, 3.63) is 17.1 Å². The zero-order valence-corrected chi connectivity index (χ0v) is 15.0. The van der Waals surface area contributed by atoms with Crippen LogP contribution >= 0.6 is 0 Å². The molecule has 2 atom stereocenters. The SMILES string of the molecule is CCOc1nc(C(C)(C)C)nc2c1CCC1CC(=O)CCC21C. The van der Waals surface area contributed by atoms with Crippen molar-refractivity contribution in [1.82, 2.24) is 9.97 Å². The molecule has 4 heteroatoms. The summed E-state index contributed by atoms with van der Waals surface area (Å²) >= 11 is 0. The highest BCUT2D eigenvalue weighted by atomic mass is 16.5. The third kappa shape index (κ3) is 2.77. The van der Waals surface area contributed by atoms with Crippen LogP contribution in [0.2, 0.25) is 0 Å². The van der Waals surface area contributed by atoms with Gasteiger partial charge in [-0.1, -0.05) is 27.7 Å². The number of aromatic nitrogens is 2. The highest BCUT2D eigenvalue weighted by Gasteiger charge is 2.46. The first-order valence-electron chi connectivity index (χ1n) is 8.82. The van der Waals surface area contributed by atoms with E-state index < -0.39 is 0 Å². The maximum Gasteiger partial charge on any atom is 0.220 e. The Labute approximate surface area is 139 Å². The average molecular weight is 316 g/mol. The van der Waals surface area contributed by atoms with E-state index in [0.717, 1.165) is 36.7 Å². The van der Waals surface area contributed by atoms with E-state index in [1.807, 2.05) is 6.92 Å². The number of carbonyl (C=O) groups is 1. The molecular weight excluding hydrogens is 288 g/mol. The van der Waals surface area contributed by atoms with Crippen molar-refractivity contribution in [1.29, 1.82) is 0 Å². The van der Waals surface area contributed by atoms with Crippen LogP contribution in [0.25, 0.3) is 0 Å². The minimum Gasteiger partial charge on any atom is -0.478 e. The fraction of sp³-hybridized carbons (Fsp3) is 0.737. The minimum atomic E-state index is -0.116. The minimum absolute atomic E-state index is 0.0176. The van der Waals surface area contributed by atoms with Gasteiger partial charge < -0.3 is 4.74 Å². The van der Waals surface area contributed by atoms with Gasteiger partial charge in [0.05, 0.1) is 12.3 Å². The van der Waals surface area contributed by atoms with Crippen LogP contribution in [-0.4, -0.2) is 22.4 Å². The molecule has 0 bridgehead atoms. The zero-order valence-electron chi connectivity index (χ0n) is 15.0. The highest BCUT2D eigenvalue weighted by molar-refractivity contribution is 5.80. The molecule has 2 aliphatic carbocycles. The van der Waals surface area contributed by atoms with Gasteiger partial charge in [-0.2, -0.15) is 4.98 Å². The summed E-state index contributed by atoms with van der Waals surface area (Å²) in [6.07, 6.45) is 4.23. The lowest BCUT2D eigenvalue weighted by Crippen LogP contribution is -2.43. The van der Waals surface area contributed by atoms with Gasteiger partial charge in [0.15, 0.2) is 0 Å². The lowest BCUT2D eigenvalue weighted by molar-refractivity contribution is -0.123. The van der Waals surface area contributed by atoms with Crippen LogP contribution in [-0.2, 0) is 22.0 Å². The molecule has 0 amide bonds. The summed E-state index contributed by atoms with van der Waals surface area (Å²) in [5, 5.41) is 0. The molecule has 1 heterocycles. The van der Waals surface area contributed by atoms with Gasteiger partial charge in [0, 0.05) is 29.2 Å². The highest BCUT2D eigenvalue weighted by Crippen LogP contribution is 2.50. The molecule has 2 aliphatic rings. The van der Waals surface area contributed by atoms with Crippen LogP contribution in [0.3, 0.4) is 0 Å². The van der Waals surface area contributed by atoms with Crippen molar-refractivity contribution in [3.8, 4) is 5.88 Å². The van der Waals surface area contributed by atoms with Crippen molar-refractivity contribution in [2.24, 2.45) is 5.92 Å². The second-order valence-corrected chi connectivity index (χ2v) is 8.26. The van der Waals surface area contributed by atoms with Gasteiger partial charge in [0.2, 0.25) is 5.88 Å². The standard InChI is InChI=1S/C19H28N2O2/c1-6-23-16-14-8-7-12-11-13(22)9-10-19(12,5)15(14)20-17(21-16)18(2,3)4/h12H,6-11H2,1-5H3. The Hall–Kier alpha value is -1.45. The molecular formula is C19H28N2O2. The van der Waals surface area contributed by atoms with Crippen LogP contribution in [0.1, 0.15) is 77.4 Å². The second kappa shape index (κ2) is 5.57. The van der Waals surface area contributed by atoms with Gasteiger partial charge in [-0.3, -0.25) is 4.79 Å². The molecule has 0 aliphatic heterocycles. The number of hydrogen-bond donors (Lipinski definition) is 0. The van der Waals surface area contributed by atoms with E-state index in [4.69, 9.17) is 14.7 Å². The Kier molecular flexibility index (Phi) is 3.97. The average Bonchev–Trinajstić information content (AvgIpc) is 2.47. The molecule has 0 aromatic carbocycles. The topological polar surface area (TPSA) is 52.1 Å². The molecule has 2 unspecified atom stereocenters. The quantitative estimate of drug-likeness (QED) is 0.834. The molecule has 126 valence electrons.